The number of aromatic nitrogens is 2. The molecule has 0 fully saturated rings. The molecule has 5 rings (SSSR count). The maximum atomic E-state index is 13.0. The lowest BCUT2D eigenvalue weighted by Crippen LogP contribution is -2.52. The van der Waals surface area contributed by atoms with Crippen LogP contribution in [0.5, 0.6) is 0 Å². The summed E-state index contributed by atoms with van der Waals surface area (Å²) in [7, 11) is 0. The highest BCUT2D eigenvalue weighted by molar-refractivity contribution is 6.30. The Hall–Kier alpha value is -3.64. The van der Waals surface area contributed by atoms with Gasteiger partial charge < -0.3 is 5.32 Å². The molecule has 7 heteroatoms. The van der Waals surface area contributed by atoms with E-state index in [0.717, 1.165) is 16.6 Å². The molecule has 0 spiro atoms. The summed E-state index contributed by atoms with van der Waals surface area (Å²) in [4.78, 5) is 30.5. The van der Waals surface area contributed by atoms with Gasteiger partial charge in [0.1, 0.15) is 6.04 Å². The zero-order valence-corrected chi connectivity index (χ0v) is 16.5. The van der Waals surface area contributed by atoms with E-state index in [4.69, 9.17) is 11.6 Å². The number of carbonyl (C=O) groups is 2. The highest BCUT2D eigenvalue weighted by Gasteiger charge is 2.39. The lowest BCUT2D eigenvalue weighted by atomic mass is 9.96. The second-order valence-electron chi connectivity index (χ2n) is 7.10. The first-order valence-electron chi connectivity index (χ1n) is 9.51. The van der Waals surface area contributed by atoms with Crippen molar-refractivity contribution in [3.63, 3.8) is 0 Å². The van der Waals surface area contributed by atoms with Crippen LogP contribution in [0.15, 0.2) is 78.9 Å². The van der Waals surface area contributed by atoms with Crippen LogP contribution in [0.1, 0.15) is 22.0 Å². The van der Waals surface area contributed by atoms with Crippen LogP contribution in [0, 0.1) is 0 Å². The summed E-state index contributed by atoms with van der Waals surface area (Å²) in [6.07, 6.45) is 0. The van der Waals surface area contributed by atoms with Crippen molar-refractivity contribution in [1.29, 1.82) is 0 Å². The predicted molar refractivity (Wildman–Crippen MR) is 116 cm³/mol. The number of imidazole rings is 1. The van der Waals surface area contributed by atoms with Gasteiger partial charge in [0.15, 0.2) is 0 Å². The average Bonchev–Trinajstić information content (AvgIpc) is 3.13. The minimum absolute atomic E-state index is 0.317. The van der Waals surface area contributed by atoms with E-state index in [1.165, 1.54) is 0 Å². The quantitative estimate of drug-likeness (QED) is 0.529. The zero-order chi connectivity index (χ0) is 20.7. The Kier molecular flexibility index (Phi) is 4.48. The average molecular weight is 417 g/mol. The van der Waals surface area contributed by atoms with Crippen molar-refractivity contribution >= 4 is 40.4 Å². The Labute approximate surface area is 177 Å². The van der Waals surface area contributed by atoms with Gasteiger partial charge in [0.25, 0.3) is 11.8 Å². The zero-order valence-electron chi connectivity index (χ0n) is 15.7. The van der Waals surface area contributed by atoms with Crippen molar-refractivity contribution in [2.24, 2.45) is 0 Å². The van der Waals surface area contributed by atoms with Crippen LogP contribution in [0.4, 0.5) is 5.95 Å². The third kappa shape index (κ3) is 3.11. The van der Waals surface area contributed by atoms with Crippen LogP contribution in [0.3, 0.4) is 0 Å². The van der Waals surface area contributed by atoms with Gasteiger partial charge in [-0.2, -0.15) is 0 Å². The van der Waals surface area contributed by atoms with Crippen molar-refractivity contribution in [3.05, 3.63) is 95.0 Å². The molecule has 2 N–H and O–H groups in total. The number of amides is 2. The fourth-order valence-corrected chi connectivity index (χ4v) is 3.98. The fraction of sp³-hybridized carbons (Fsp3) is 0.0870. The van der Waals surface area contributed by atoms with Crippen LogP contribution >= 0.6 is 11.6 Å². The SMILES string of the molecule is O=C(NC1C(=O)Nc2nc3ccccc3n2C1c1ccc(Cl)cc1)c1ccccc1. The number of nitrogens with zero attached hydrogens (tertiary/aromatic N) is 2. The molecular formula is C23H17ClN4O2. The molecule has 3 aromatic carbocycles. The third-order valence-electron chi connectivity index (χ3n) is 5.24. The summed E-state index contributed by atoms with van der Waals surface area (Å²) < 4.78 is 1.95. The van der Waals surface area contributed by atoms with Crippen molar-refractivity contribution < 1.29 is 9.59 Å². The summed E-state index contributed by atoms with van der Waals surface area (Å²) in [5, 5.41) is 6.35. The largest absolute Gasteiger partial charge is 0.338 e. The number of hydrogen-bond donors (Lipinski definition) is 2. The number of anilines is 1. The molecule has 1 aromatic heterocycles. The van der Waals surface area contributed by atoms with Crippen LogP contribution in [0.25, 0.3) is 11.0 Å². The van der Waals surface area contributed by atoms with E-state index < -0.39 is 12.1 Å². The molecule has 4 aromatic rings. The third-order valence-corrected chi connectivity index (χ3v) is 5.49. The smallest absolute Gasteiger partial charge is 0.251 e. The fourth-order valence-electron chi connectivity index (χ4n) is 3.85. The number of rotatable bonds is 3. The lowest BCUT2D eigenvalue weighted by molar-refractivity contribution is -0.119. The summed E-state index contributed by atoms with van der Waals surface area (Å²) in [5.41, 5.74) is 2.96. The second kappa shape index (κ2) is 7.31. The molecule has 2 atom stereocenters. The van der Waals surface area contributed by atoms with E-state index >= 15 is 0 Å². The topological polar surface area (TPSA) is 76.0 Å². The van der Waals surface area contributed by atoms with Gasteiger partial charge in [0.2, 0.25) is 5.95 Å². The Morgan fingerprint density at radius 1 is 0.967 bits per heavy atom. The molecule has 1 aliphatic rings. The number of halogens is 1. The molecule has 0 aliphatic carbocycles. The first kappa shape index (κ1) is 18.4. The Morgan fingerprint density at radius 3 is 2.43 bits per heavy atom. The number of fused-ring (bicyclic) bond motifs is 3. The van der Waals surface area contributed by atoms with E-state index in [-0.39, 0.29) is 11.8 Å². The van der Waals surface area contributed by atoms with Crippen LogP contribution in [-0.4, -0.2) is 27.4 Å². The Balaban J connectivity index is 1.64. The molecule has 30 heavy (non-hydrogen) atoms. The number of hydrogen-bond acceptors (Lipinski definition) is 3. The van der Waals surface area contributed by atoms with Gasteiger partial charge in [-0.15, -0.1) is 0 Å². The summed E-state index contributed by atoms with van der Waals surface area (Å²) in [5.74, 6) is -0.184. The molecular weight excluding hydrogens is 400 g/mol. The Bertz CT molecular complexity index is 1250. The highest BCUT2D eigenvalue weighted by Crippen LogP contribution is 2.35. The molecule has 0 radical (unpaired) electrons. The lowest BCUT2D eigenvalue weighted by Gasteiger charge is -2.34. The first-order valence-corrected chi connectivity index (χ1v) is 9.89. The van der Waals surface area contributed by atoms with E-state index in [2.05, 4.69) is 15.6 Å². The summed E-state index contributed by atoms with van der Waals surface area (Å²) in [6, 6.07) is 22.5. The molecule has 2 amide bonds. The second-order valence-corrected chi connectivity index (χ2v) is 7.53. The number of para-hydroxylation sites is 2. The molecule has 0 bridgehead atoms. The normalized spacial score (nSPS) is 18.0. The van der Waals surface area contributed by atoms with E-state index in [1.54, 1.807) is 36.4 Å². The summed E-state index contributed by atoms with van der Waals surface area (Å²) >= 11 is 6.09. The van der Waals surface area contributed by atoms with Crippen LogP contribution in [0.2, 0.25) is 5.02 Å². The number of carbonyl (C=O) groups excluding carboxylic acids is 2. The highest BCUT2D eigenvalue weighted by atomic mass is 35.5. The van der Waals surface area contributed by atoms with E-state index in [0.29, 0.717) is 16.5 Å². The van der Waals surface area contributed by atoms with Gasteiger partial charge in [-0.1, -0.05) is 54.1 Å². The van der Waals surface area contributed by atoms with Crippen LogP contribution in [-0.2, 0) is 4.79 Å². The minimum Gasteiger partial charge on any atom is -0.338 e. The van der Waals surface area contributed by atoms with Crippen molar-refractivity contribution in [3.8, 4) is 0 Å². The molecule has 2 unspecified atom stereocenters. The molecule has 2 heterocycles. The van der Waals surface area contributed by atoms with Gasteiger partial charge >= 0.3 is 0 Å². The number of benzene rings is 3. The first-order chi connectivity index (χ1) is 14.6. The standard InChI is InChI=1S/C23H17ClN4O2/c24-16-12-10-14(11-13-16)20-19(26-21(29)15-6-2-1-3-7-15)22(30)27-23-25-17-8-4-5-9-18(17)28(20)23/h1-13,19-20H,(H,26,29)(H,25,27,30). The van der Waals surface area contributed by atoms with Gasteiger partial charge in [0, 0.05) is 10.6 Å². The maximum Gasteiger partial charge on any atom is 0.251 e. The van der Waals surface area contributed by atoms with Crippen molar-refractivity contribution in [1.82, 2.24) is 14.9 Å². The van der Waals surface area contributed by atoms with Crippen molar-refractivity contribution in [2.75, 3.05) is 5.32 Å². The predicted octanol–water partition coefficient (Wildman–Crippen LogP) is 4.03. The minimum atomic E-state index is -0.830. The van der Waals surface area contributed by atoms with E-state index in [1.807, 2.05) is 47.0 Å². The van der Waals surface area contributed by atoms with Gasteiger partial charge in [-0.3, -0.25) is 19.5 Å². The maximum absolute atomic E-state index is 13.0. The summed E-state index contributed by atoms with van der Waals surface area (Å²) in [6.45, 7) is 0. The van der Waals surface area contributed by atoms with E-state index in [9.17, 15) is 9.59 Å². The molecule has 1 aliphatic heterocycles. The van der Waals surface area contributed by atoms with Gasteiger partial charge in [0.05, 0.1) is 17.1 Å². The van der Waals surface area contributed by atoms with Gasteiger partial charge in [-0.05, 0) is 42.0 Å². The molecule has 0 saturated heterocycles. The molecule has 148 valence electrons. The van der Waals surface area contributed by atoms with Gasteiger partial charge in [-0.25, -0.2) is 4.98 Å². The van der Waals surface area contributed by atoms with Crippen LogP contribution < -0.4 is 10.6 Å². The molecule has 6 nitrogen and oxygen atoms in total. The monoisotopic (exact) mass is 416 g/mol. The number of nitrogens with one attached hydrogen (secondary N) is 2. The Morgan fingerprint density at radius 2 is 1.67 bits per heavy atom. The molecule has 0 saturated carbocycles. The van der Waals surface area contributed by atoms with Crippen molar-refractivity contribution in [2.45, 2.75) is 12.1 Å².